The van der Waals surface area contributed by atoms with Gasteiger partial charge in [-0.25, -0.2) is 0 Å². The van der Waals surface area contributed by atoms with Crippen molar-refractivity contribution >= 4 is 46.7 Å². The van der Waals surface area contributed by atoms with E-state index >= 15 is 0 Å². The van der Waals surface area contributed by atoms with Crippen LogP contribution in [0, 0.1) is 35.5 Å². The Balaban J connectivity index is 1.35. The van der Waals surface area contributed by atoms with Crippen LogP contribution >= 0.6 is 0 Å². The van der Waals surface area contributed by atoms with E-state index in [1.54, 1.807) is 44.9 Å². The third-order valence-corrected chi connectivity index (χ3v) is 16.6. The van der Waals surface area contributed by atoms with Crippen molar-refractivity contribution in [2.45, 2.75) is 175 Å². The molecule has 2 saturated heterocycles. The summed E-state index contributed by atoms with van der Waals surface area (Å²) in [5.41, 5.74) is 2.37. The van der Waals surface area contributed by atoms with E-state index < -0.39 is 42.2 Å². The smallest absolute Gasteiger partial charge is 0.226 e. The van der Waals surface area contributed by atoms with Gasteiger partial charge in [0, 0.05) is 58.2 Å². The number of hydrogen-bond acceptors (Lipinski definition) is 12. The molecule has 2 aliphatic rings. The van der Waals surface area contributed by atoms with Crippen LogP contribution in [0.4, 0.5) is 5.69 Å². The van der Waals surface area contributed by atoms with Crippen LogP contribution in [-0.2, 0) is 60.8 Å². The molecule has 4 amide bonds. The van der Waals surface area contributed by atoms with Gasteiger partial charge in [-0.1, -0.05) is 104 Å². The van der Waals surface area contributed by atoms with Crippen molar-refractivity contribution < 1.29 is 47.8 Å². The van der Waals surface area contributed by atoms with Crippen LogP contribution in [0.15, 0.2) is 54.6 Å². The van der Waals surface area contributed by atoms with Gasteiger partial charge in [0.1, 0.15) is 12.4 Å². The molecule has 4 rings (SSSR count). The molecular weight excluding hydrogens is 989 g/mol. The van der Waals surface area contributed by atoms with Crippen molar-refractivity contribution in [3.8, 4) is 0 Å². The summed E-state index contributed by atoms with van der Waals surface area (Å²) in [5, 5.41) is 6.00. The van der Waals surface area contributed by atoms with Crippen molar-refractivity contribution in [3.05, 3.63) is 65.7 Å². The third-order valence-electron chi connectivity index (χ3n) is 16.6. The molecule has 2 aliphatic heterocycles. The van der Waals surface area contributed by atoms with Crippen molar-refractivity contribution in [2.75, 3.05) is 73.5 Å². The van der Waals surface area contributed by atoms with E-state index in [0.29, 0.717) is 37.3 Å². The van der Waals surface area contributed by atoms with Gasteiger partial charge in [-0.3, -0.25) is 38.5 Å². The highest BCUT2D eigenvalue weighted by Gasteiger charge is 2.44. The van der Waals surface area contributed by atoms with Crippen LogP contribution in [-0.4, -0.2) is 165 Å². The van der Waals surface area contributed by atoms with E-state index in [4.69, 9.17) is 14.2 Å². The molecule has 16 nitrogen and oxygen atoms in total. The highest BCUT2D eigenvalue weighted by molar-refractivity contribution is 5.92. The summed E-state index contributed by atoms with van der Waals surface area (Å²) in [5.74, 6) is -1.84. The molecule has 2 fully saturated rings. The molecule has 0 spiro atoms. The van der Waals surface area contributed by atoms with E-state index in [1.807, 2.05) is 101 Å². The van der Waals surface area contributed by atoms with Gasteiger partial charge in [-0.15, -0.1) is 0 Å². The summed E-state index contributed by atoms with van der Waals surface area (Å²) >= 11 is 0. The molecular formula is C62H98N6O10. The minimum atomic E-state index is -0.901. The second-order valence-corrected chi connectivity index (χ2v) is 23.3. The summed E-state index contributed by atoms with van der Waals surface area (Å²) in [6.07, 6.45) is 6.17. The fourth-order valence-corrected chi connectivity index (χ4v) is 11.8. The van der Waals surface area contributed by atoms with Crippen LogP contribution in [0.3, 0.4) is 0 Å². The number of likely N-dealkylation sites (N-methyl/N-ethyl adjacent to an activating group) is 2. The molecule has 0 saturated carbocycles. The molecule has 2 N–H and O–H groups in total. The topological polar surface area (TPSA) is 184 Å². The van der Waals surface area contributed by atoms with Gasteiger partial charge < -0.3 is 39.5 Å². The summed E-state index contributed by atoms with van der Waals surface area (Å²) in [7, 11) is 8.65. The maximum Gasteiger partial charge on any atom is 0.226 e. The SMILES string of the molecule is CC[C@H](C)[C@@H]([C@@H](CC(=O)N1CCC[C@H]1[C@H](OC)[C@@H](C)C(=O)N[C@@H](Cc1ccccc1)C(=O)COCc1ccc(NC(=O)CCCCCN2CCC(C(C)=O)CC2)cc1)OC)N(C)C(=O)[C@@H](CC(=O)[C@H](C(C)C)N(C)C)C(C)C. The number of anilines is 1. The molecule has 16 heteroatoms. The Labute approximate surface area is 467 Å². The van der Waals surface area contributed by atoms with Gasteiger partial charge in [0.25, 0.3) is 0 Å². The summed E-state index contributed by atoms with van der Waals surface area (Å²) < 4.78 is 18.1. The Hall–Kier alpha value is -4.87. The number of rotatable bonds is 34. The van der Waals surface area contributed by atoms with Gasteiger partial charge >= 0.3 is 0 Å². The van der Waals surface area contributed by atoms with Crippen molar-refractivity contribution in [1.29, 1.82) is 0 Å². The second-order valence-electron chi connectivity index (χ2n) is 23.3. The Morgan fingerprint density at radius 1 is 0.756 bits per heavy atom. The number of carbonyl (C=O) groups is 7. The lowest BCUT2D eigenvalue weighted by Crippen LogP contribution is -2.55. The van der Waals surface area contributed by atoms with Crippen LogP contribution in [0.5, 0.6) is 0 Å². The number of methoxy groups -OCH3 is 2. The van der Waals surface area contributed by atoms with Crippen LogP contribution < -0.4 is 10.6 Å². The predicted octanol–water partition coefficient (Wildman–Crippen LogP) is 8.04. The van der Waals surface area contributed by atoms with E-state index in [9.17, 15) is 33.6 Å². The maximum atomic E-state index is 14.5. The average Bonchev–Trinajstić information content (AvgIpc) is 3.90. The molecule has 78 heavy (non-hydrogen) atoms. The number of ether oxygens (including phenoxy) is 3. The Bertz CT molecular complexity index is 2190. The number of ketones is 3. The minimum Gasteiger partial charge on any atom is -0.379 e. The lowest BCUT2D eigenvalue weighted by Gasteiger charge is -2.41. The van der Waals surface area contributed by atoms with E-state index in [2.05, 4.69) is 29.4 Å². The monoisotopic (exact) mass is 1090 g/mol. The first-order valence-electron chi connectivity index (χ1n) is 29.0. The molecule has 0 aromatic heterocycles. The summed E-state index contributed by atoms with van der Waals surface area (Å²) in [6, 6.07) is 14.7. The van der Waals surface area contributed by atoms with Crippen molar-refractivity contribution in [3.63, 3.8) is 0 Å². The number of unbranched alkanes of at least 4 members (excludes halogenated alkanes) is 2. The van der Waals surface area contributed by atoms with Gasteiger partial charge in [-0.2, -0.15) is 0 Å². The molecule has 9 atom stereocenters. The number of piperidine rings is 1. The molecule has 2 aromatic carbocycles. The predicted molar refractivity (Wildman–Crippen MR) is 307 cm³/mol. The largest absolute Gasteiger partial charge is 0.379 e. The molecule has 436 valence electrons. The van der Waals surface area contributed by atoms with E-state index in [1.165, 1.54) is 0 Å². The van der Waals surface area contributed by atoms with Crippen LogP contribution in [0.1, 0.15) is 137 Å². The Morgan fingerprint density at radius 3 is 2.00 bits per heavy atom. The number of nitrogens with one attached hydrogen (secondary N) is 2. The van der Waals surface area contributed by atoms with Gasteiger partial charge in [0.15, 0.2) is 11.6 Å². The average molecular weight is 1090 g/mol. The van der Waals surface area contributed by atoms with Crippen molar-refractivity contribution in [1.82, 2.24) is 24.9 Å². The zero-order valence-electron chi connectivity index (χ0n) is 49.7. The first-order valence-corrected chi connectivity index (χ1v) is 29.0. The van der Waals surface area contributed by atoms with Gasteiger partial charge in [-0.05, 0) is 127 Å². The quantitative estimate of drug-likeness (QED) is 0.0645. The third kappa shape index (κ3) is 19.7. The summed E-state index contributed by atoms with van der Waals surface area (Å²) in [4.78, 5) is 103. The zero-order chi connectivity index (χ0) is 57.6. The van der Waals surface area contributed by atoms with Crippen LogP contribution in [0.25, 0.3) is 0 Å². The number of nitrogens with zero attached hydrogens (tertiary/aromatic N) is 4. The first-order chi connectivity index (χ1) is 37.1. The fraction of sp³-hybridized carbons (Fsp3) is 0.694. The number of amides is 4. The number of likely N-dealkylation sites (tertiary alicyclic amines) is 2. The minimum absolute atomic E-state index is 0.00118. The van der Waals surface area contributed by atoms with E-state index in [-0.39, 0.29) is 97.4 Å². The first kappa shape index (κ1) is 65.6. The van der Waals surface area contributed by atoms with Crippen LogP contribution in [0.2, 0.25) is 0 Å². The maximum absolute atomic E-state index is 14.5. The molecule has 0 radical (unpaired) electrons. The number of carbonyl (C=O) groups excluding carboxylic acids is 7. The standard InChI is InChI=1S/C62H98N6O10/c1-14-43(6)59(66(11)62(75)50(41(2)3)37-53(70)58(42(4)5)65(9)10)55(76-12)38-57(73)68-33-21-24-52(68)60(77-13)44(7)61(74)64-51(36-46-22-17-15-18-23-46)54(71)40-78-39-47-26-28-49(29-27-47)63-56(72)25-19-16-20-32-67-34-30-48(31-35-67)45(8)69/h15,17-18,22-23,26-29,41-44,48,50-52,55,58-60H,14,16,19-21,24-25,30-40H2,1-13H3,(H,63,72)(H,64,74)/t43-,44+,50-,51-,52-,55+,58-,59-,60+/m0/s1. The second kappa shape index (κ2) is 33.0. The highest BCUT2D eigenvalue weighted by Crippen LogP contribution is 2.31. The lowest BCUT2D eigenvalue weighted by atomic mass is 9.83. The number of hydrogen-bond donors (Lipinski definition) is 2. The molecule has 0 bridgehead atoms. The molecule has 0 aliphatic carbocycles. The normalized spacial score (nSPS) is 18.5. The Morgan fingerprint density at radius 2 is 1.42 bits per heavy atom. The number of Topliss-reactive ketones (excluding diaryl/α,β-unsaturated/α-hetero) is 3. The number of benzene rings is 2. The molecule has 2 heterocycles. The highest BCUT2D eigenvalue weighted by atomic mass is 16.5. The molecule has 0 unspecified atom stereocenters. The van der Waals surface area contributed by atoms with Crippen molar-refractivity contribution in [2.24, 2.45) is 35.5 Å². The van der Waals surface area contributed by atoms with Gasteiger partial charge in [0.05, 0.1) is 55.3 Å². The fourth-order valence-electron chi connectivity index (χ4n) is 11.8. The van der Waals surface area contributed by atoms with E-state index in [0.717, 1.165) is 69.3 Å². The lowest BCUT2D eigenvalue weighted by molar-refractivity contribution is -0.149. The molecule has 2 aromatic rings. The van der Waals surface area contributed by atoms with Gasteiger partial charge in [0.2, 0.25) is 23.6 Å². The summed E-state index contributed by atoms with van der Waals surface area (Å²) in [6.45, 7) is 18.8. The zero-order valence-corrected chi connectivity index (χ0v) is 49.7. The Kier molecular flexibility index (Phi) is 27.8.